The van der Waals surface area contributed by atoms with Crippen LogP contribution in [0.5, 0.6) is 0 Å². The second kappa shape index (κ2) is 9.37. The summed E-state index contributed by atoms with van der Waals surface area (Å²) in [7, 11) is -1.51. The van der Waals surface area contributed by atoms with Gasteiger partial charge in [0.05, 0.1) is 5.75 Å². The van der Waals surface area contributed by atoms with E-state index >= 15 is 0 Å². The van der Waals surface area contributed by atoms with Crippen molar-refractivity contribution in [3.63, 3.8) is 0 Å². The summed E-state index contributed by atoms with van der Waals surface area (Å²) in [4.78, 5) is 6.57. The molecule has 2 unspecified atom stereocenters. The summed E-state index contributed by atoms with van der Waals surface area (Å²) in [6.07, 6.45) is 1.07. The topological polar surface area (TPSA) is 73.8 Å². The first-order valence-corrected chi connectivity index (χ1v) is 11.0. The molecule has 1 aromatic carbocycles. The second-order valence-corrected chi connectivity index (χ2v) is 9.17. The third-order valence-electron chi connectivity index (χ3n) is 4.71. The van der Waals surface area contributed by atoms with E-state index in [0.717, 1.165) is 25.5 Å². The lowest BCUT2D eigenvalue weighted by atomic mass is 9.82. The Hall–Kier alpha value is -1.60. The molecule has 26 heavy (non-hydrogen) atoms. The van der Waals surface area contributed by atoms with Gasteiger partial charge in [0.15, 0.2) is 5.96 Å². The first-order chi connectivity index (χ1) is 12.3. The van der Waals surface area contributed by atoms with E-state index in [1.165, 1.54) is 5.56 Å². The molecule has 2 N–H and O–H groups in total. The third-order valence-corrected chi connectivity index (χ3v) is 6.29. The van der Waals surface area contributed by atoms with Gasteiger partial charge in [0.25, 0.3) is 0 Å². The van der Waals surface area contributed by atoms with Crippen molar-refractivity contribution in [3.8, 4) is 0 Å². The van der Waals surface area contributed by atoms with E-state index in [2.05, 4.69) is 57.2 Å². The van der Waals surface area contributed by atoms with E-state index in [1.54, 1.807) is 7.05 Å². The standard InChI is InChI=1S/C19H32N4O2S/c1-15(2)22-26(24,25)13-11-21-19(20-4)23-12-10-18(16(3)14-23)17-8-6-5-7-9-17/h5-9,15-16,18,22H,10-14H2,1-4H3,(H,20,21). The largest absolute Gasteiger partial charge is 0.355 e. The molecule has 1 heterocycles. The lowest BCUT2D eigenvalue weighted by molar-refractivity contribution is 0.235. The van der Waals surface area contributed by atoms with Gasteiger partial charge >= 0.3 is 0 Å². The molecule has 0 aliphatic carbocycles. The van der Waals surface area contributed by atoms with Crippen molar-refractivity contribution in [1.29, 1.82) is 0 Å². The van der Waals surface area contributed by atoms with E-state index < -0.39 is 10.0 Å². The molecule has 146 valence electrons. The number of likely N-dealkylation sites (tertiary alicyclic amines) is 1. The third kappa shape index (κ3) is 5.99. The maximum atomic E-state index is 11.9. The lowest BCUT2D eigenvalue weighted by Crippen LogP contribution is -2.49. The number of hydrogen-bond donors (Lipinski definition) is 2. The van der Waals surface area contributed by atoms with Crippen LogP contribution >= 0.6 is 0 Å². The Bertz CT molecular complexity index is 689. The van der Waals surface area contributed by atoms with E-state index in [4.69, 9.17) is 0 Å². The zero-order valence-electron chi connectivity index (χ0n) is 16.3. The Balaban J connectivity index is 1.88. The van der Waals surface area contributed by atoms with Crippen molar-refractivity contribution >= 4 is 16.0 Å². The first-order valence-electron chi connectivity index (χ1n) is 9.33. The summed E-state index contributed by atoms with van der Waals surface area (Å²) < 4.78 is 26.5. The smallest absolute Gasteiger partial charge is 0.213 e. The maximum Gasteiger partial charge on any atom is 0.213 e. The lowest BCUT2D eigenvalue weighted by Gasteiger charge is -2.39. The van der Waals surface area contributed by atoms with Crippen molar-refractivity contribution < 1.29 is 8.42 Å². The Kier molecular flexibility index (Phi) is 7.46. The summed E-state index contributed by atoms with van der Waals surface area (Å²) in [5, 5.41) is 3.20. The number of rotatable bonds is 6. The van der Waals surface area contributed by atoms with Crippen molar-refractivity contribution in [2.75, 3.05) is 32.4 Å². The van der Waals surface area contributed by atoms with Gasteiger partial charge in [0, 0.05) is 32.7 Å². The fourth-order valence-electron chi connectivity index (χ4n) is 3.58. The molecular weight excluding hydrogens is 348 g/mol. The summed E-state index contributed by atoms with van der Waals surface area (Å²) in [5.74, 6) is 1.89. The summed E-state index contributed by atoms with van der Waals surface area (Å²) in [6.45, 7) is 8.09. The van der Waals surface area contributed by atoms with E-state index in [1.807, 2.05) is 13.8 Å². The number of nitrogens with one attached hydrogen (secondary N) is 2. The van der Waals surface area contributed by atoms with Gasteiger partial charge in [0.1, 0.15) is 0 Å². The fourth-order valence-corrected chi connectivity index (χ4v) is 4.79. The predicted octanol–water partition coefficient (Wildman–Crippen LogP) is 2.02. The average Bonchev–Trinajstić information content (AvgIpc) is 2.58. The van der Waals surface area contributed by atoms with Crippen LogP contribution in [-0.2, 0) is 10.0 Å². The van der Waals surface area contributed by atoms with E-state index in [9.17, 15) is 8.42 Å². The van der Waals surface area contributed by atoms with Crippen LogP contribution in [0.2, 0.25) is 0 Å². The van der Waals surface area contributed by atoms with Crippen LogP contribution in [0, 0.1) is 5.92 Å². The average molecular weight is 381 g/mol. The molecule has 0 radical (unpaired) electrons. The van der Waals surface area contributed by atoms with Gasteiger partial charge in [-0.15, -0.1) is 0 Å². The molecule has 0 saturated carbocycles. The van der Waals surface area contributed by atoms with Gasteiger partial charge < -0.3 is 10.2 Å². The van der Waals surface area contributed by atoms with Crippen molar-refractivity contribution in [2.24, 2.45) is 10.9 Å². The van der Waals surface area contributed by atoms with Crippen LogP contribution in [0.4, 0.5) is 0 Å². The molecule has 1 saturated heterocycles. The zero-order valence-corrected chi connectivity index (χ0v) is 17.1. The molecule has 1 aliphatic heterocycles. The molecule has 1 aliphatic rings. The van der Waals surface area contributed by atoms with Crippen LogP contribution in [0.3, 0.4) is 0 Å². The minimum atomic E-state index is -3.26. The number of aliphatic imine (C=N–C) groups is 1. The van der Waals surface area contributed by atoms with Crippen molar-refractivity contribution in [3.05, 3.63) is 35.9 Å². The fraction of sp³-hybridized carbons (Fsp3) is 0.632. The van der Waals surface area contributed by atoms with Crippen LogP contribution in [-0.4, -0.2) is 57.8 Å². The van der Waals surface area contributed by atoms with Crippen LogP contribution in [0.1, 0.15) is 38.7 Å². The molecule has 0 amide bonds. The normalized spacial score (nSPS) is 21.9. The van der Waals surface area contributed by atoms with Gasteiger partial charge in [-0.1, -0.05) is 37.3 Å². The molecule has 0 spiro atoms. The van der Waals surface area contributed by atoms with Crippen molar-refractivity contribution in [2.45, 2.75) is 39.2 Å². The van der Waals surface area contributed by atoms with Crippen LogP contribution in [0.25, 0.3) is 0 Å². The maximum absolute atomic E-state index is 11.9. The Morgan fingerprint density at radius 3 is 2.58 bits per heavy atom. The monoisotopic (exact) mass is 380 g/mol. The molecule has 2 atom stereocenters. The van der Waals surface area contributed by atoms with Crippen LogP contribution < -0.4 is 10.0 Å². The predicted molar refractivity (Wildman–Crippen MR) is 108 cm³/mol. The summed E-state index contributed by atoms with van der Waals surface area (Å²) in [6, 6.07) is 10.6. The number of guanidine groups is 1. The zero-order chi connectivity index (χ0) is 19.2. The van der Waals surface area contributed by atoms with Gasteiger partial charge in [-0.25, -0.2) is 13.1 Å². The van der Waals surface area contributed by atoms with Gasteiger partial charge in [-0.3, -0.25) is 4.99 Å². The van der Waals surface area contributed by atoms with Crippen LogP contribution in [0.15, 0.2) is 35.3 Å². The number of sulfonamides is 1. The summed E-state index contributed by atoms with van der Waals surface area (Å²) >= 11 is 0. The molecule has 0 aromatic heterocycles. The van der Waals surface area contributed by atoms with Gasteiger partial charge in [0.2, 0.25) is 10.0 Å². The van der Waals surface area contributed by atoms with E-state index in [0.29, 0.717) is 18.4 Å². The highest BCUT2D eigenvalue weighted by Crippen LogP contribution is 2.32. The molecule has 7 heteroatoms. The minimum absolute atomic E-state index is 0.0419. The minimum Gasteiger partial charge on any atom is -0.355 e. The number of piperidine rings is 1. The molecule has 1 aromatic rings. The molecule has 0 bridgehead atoms. The van der Waals surface area contributed by atoms with Crippen molar-refractivity contribution in [1.82, 2.24) is 14.9 Å². The quantitative estimate of drug-likeness (QED) is 0.585. The Labute approximate surface area is 158 Å². The van der Waals surface area contributed by atoms with E-state index in [-0.39, 0.29) is 11.8 Å². The molecule has 2 rings (SSSR count). The highest BCUT2D eigenvalue weighted by atomic mass is 32.2. The Morgan fingerprint density at radius 2 is 2.00 bits per heavy atom. The Morgan fingerprint density at radius 1 is 1.31 bits per heavy atom. The first kappa shape index (κ1) is 20.7. The highest BCUT2D eigenvalue weighted by molar-refractivity contribution is 7.89. The SMILES string of the molecule is CN=C(NCCS(=O)(=O)NC(C)C)N1CCC(c2ccccc2)C(C)C1. The summed E-state index contributed by atoms with van der Waals surface area (Å²) in [5.41, 5.74) is 1.40. The number of benzene rings is 1. The van der Waals surface area contributed by atoms with Gasteiger partial charge in [-0.2, -0.15) is 0 Å². The second-order valence-electron chi connectivity index (χ2n) is 7.29. The molecular formula is C19H32N4O2S. The number of nitrogens with zero attached hydrogens (tertiary/aromatic N) is 2. The molecule has 6 nitrogen and oxygen atoms in total. The highest BCUT2D eigenvalue weighted by Gasteiger charge is 2.28. The molecule has 1 fully saturated rings. The number of hydrogen-bond acceptors (Lipinski definition) is 3. The van der Waals surface area contributed by atoms with Gasteiger partial charge in [-0.05, 0) is 37.7 Å².